The zero-order valence-electron chi connectivity index (χ0n) is 14.7. The molecule has 0 fully saturated rings. The average molecular weight is 410 g/mol. The molecule has 1 aliphatic heterocycles. The van der Waals surface area contributed by atoms with E-state index >= 15 is 0 Å². The Labute approximate surface area is 171 Å². The third kappa shape index (κ3) is 3.35. The minimum atomic E-state index is -0.681. The van der Waals surface area contributed by atoms with E-state index < -0.39 is 17.7 Å². The molecule has 1 unspecified atom stereocenters. The van der Waals surface area contributed by atoms with Crippen LogP contribution in [0, 0.1) is 0 Å². The number of aliphatic hydroxyl groups is 1. The summed E-state index contributed by atoms with van der Waals surface area (Å²) in [6, 6.07) is 19.2. The van der Waals surface area contributed by atoms with Crippen LogP contribution in [0.25, 0.3) is 0 Å². The number of nitrogens with zero attached hydrogens (tertiary/aromatic N) is 1. The minimum absolute atomic E-state index is 0.103. The Kier molecular flexibility index (Phi) is 5.03. The molecule has 28 heavy (non-hydrogen) atoms. The summed E-state index contributed by atoms with van der Waals surface area (Å²) in [6.07, 6.45) is 0. The van der Waals surface area contributed by atoms with Gasteiger partial charge in [-0.1, -0.05) is 60.1 Å². The summed E-state index contributed by atoms with van der Waals surface area (Å²) in [4.78, 5) is 28.0. The van der Waals surface area contributed by atoms with Gasteiger partial charge in [-0.2, -0.15) is 0 Å². The van der Waals surface area contributed by atoms with E-state index in [4.69, 9.17) is 11.6 Å². The van der Waals surface area contributed by atoms with Gasteiger partial charge in [-0.15, -0.1) is 11.3 Å². The molecule has 2 heterocycles. The van der Waals surface area contributed by atoms with Gasteiger partial charge in [0, 0.05) is 11.6 Å². The normalized spacial score (nSPS) is 16.7. The fraction of sp³-hybridized carbons (Fsp3) is 0.0909. The van der Waals surface area contributed by atoms with Crippen molar-refractivity contribution in [1.29, 1.82) is 0 Å². The minimum Gasteiger partial charge on any atom is -0.503 e. The Hall–Kier alpha value is -2.89. The van der Waals surface area contributed by atoms with Crippen LogP contribution in [0.2, 0.25) is 5.02 Å². The van der Waals surface area contributed by atoms with Crippen LogP contribution < -0.4 is 0 Å². The molecule has 3 aromatic rings. The van der Waals surface area contributed by atoms with Crippen molar-refractivity contribution >= 4 is 34.6 Å². The molecule has 4 nitrogen and oxygen atoms in total. The molecule has 1 aromatic heterocycles. The van der Waals surface area contributed by atoms with Crippen LogP contribution in [0.3, 0.4) is 0 Å². The lowest BCUT2D eigenvalue weighted by atomic mass is 9.95. The van der Waals surface area contributed by atoms with Crippen molar-refractivity contribution in [3.05, 3.63) is 104 Å². The third-order valence-electron chi connectivity index (χ3n) is 4.67. The summed E-state index contributed by atoms with van der Waals surface area (Å²) in [5.41, 5.74) is 1.73. The van der Waals surface area contributed by atoms with Crippen molar-refractivity contribution in [3.8, 4) is 0 Å². The Balaban J connectivity index is 1.79. The van der Waals surface area contributed by atoms with Gasteiger partial charge in [0.15, 0.2) is 5.76 Å². The predicted octanol–water partition coefficient (Wildman–Crippen LogP) is 5.18. The van der Waals surface area contributed by atoms with E-state index in [0.717, 1.165) is 11.1 Å². The fourth-order valence-corrected chi connectivity index (χ4v) is 4.16. The van der Waals surface area contributed by atoms with Gasteiger partial charge in [0.05, 0.1) is 16.5 Å². The Morgan fingerprint density at radius 2 is 1.75 bits per heavy atom. The van der Waals surface area contributed by atoms with Crippen LogP contribution in [-0.2, 0) is 11.3 Å². The summed E-state index contributed by atoms with van der Waals surface area (Å²) in [5, 5.41) is 13.0. The largest absolute Gasteiger partial charge is 0.503 e. The highest BCUT2D eigenvalue weighted by Gasteiger charge is 2.43. The molecule has 1 N–H and O–H groups in total. The lowest BCUT2D eigenvalue weighted by molar-refractivity contribution is -0.130. The van der Waals surface area contributed by atoms with Crippen molar-refractivity contribution in [2.24, 2.45) is 0 Å². The molecule has 0 saturated carbocycles. The molecule has 0 radical (unpaired) electrons. The molecule has 0 spiro atoms. The number of benzene rings is 2. The number of aliphatic hydroxyl groups excluding tert-OH is 1. The Morgan fingerprint density at radius 1 is 1.04 bits per heavy atom. The summed E-state index contributed by atoms with van der Waals surface area (Å²) < 4.78 is 0. The molecule has 0 saturated heterocycles. The summed E-state index contributed by atoms with van der Waals surface area (Å²) >= 11 is 7.30. The van der Waals surface area contributed by atoms with E-state index in [9.17, 15) is 14.7 Å². The number of carbonyl (C=O) groups excluding carboxylic acids is 2. The third-order valence-corrected chi connectivity index (χ3v) is 5.80. The monoisotopic (exact) mass is 409 g/mol. The van der Waals surface area contributed by atoms with Crippen LogP contribution in [0.1, 0.15) is 26.8 Å². The Morgan fingerprint density at radius 3 is 2.39 bits per heavy atom. The maximum Gasteiger partial charge on any atom is 0.290 e. The first kappa shape index (κ1) is 18.5. The van der Waals surface area contributed by atoms with Gasteiger partial charge in [0.25, 0.3) is 5.91 Å². The number of thiophene rings is 1. The molecule has 0 aliphatic carbocycles. The number of carbonyl (C=O) groups is 2. The van der Waals surface area contributed by atoms with Crippen molar-refractivity contribution in [2.75, 3.05) is 0 Å². The second-order valence-electron chi connectivity index (χ2n) is 6.44. The number of Topliss-reactive ketones (excluding diaryl/α,β-unsaturated/α-hetero) is 1. The van der Waals surface area contributed by atoms with Gasteiger partial charge in [-0.3, -0.25) is 9.59 Å². The maximum atomic E-state index is 13.1. The van der Waals surface area contributed by atoms with Crippen molar-refractivity contribution in [2.45, 2.75) is 12.6 Å². The van der Waals surface area contributed by atoms with Crippen LogP contribution in [0.15, 0.2) is 83.4 Å². The van der Waals surface area contributed by atoms with E-state index in [1.807, 2.05) is 30.3 Å². The van der Waals surface area contributed by atoms with E-state index in [1.54, 1.807) is 41.8 Å². The van der Waals surface area contributed by atoms with Crippen LogP contribution in [-0.4, -0.2) is 21.7 Å². The topological polar surface area (TPSA) is 57.6 Å². The van der Waals surface area contributed by atoms with Gasteiger partial charge in [-0.25, -0.2) is 0 Å². The molecule has 4 rings (SSSR count). The summed E-state index contributed by atoms with van der Waals surface area (Å²) in [7, 11) is 0. The smallest absolute Gasteiger partial charge is 0.290 e. The van der Waals surface area contributed by atoms with E-state index in [-0.39, 0.29) is 17.9 Å². The van der Waals surface area contributed by atoms with Crippen LogP contribution in [0.4, 0.5) is 0 Å². The van der Waals surface area contributed by atoms with E-state index in [0.29, 0.717) is 9.90 Å². The first-order chi connectivity index (χ1) is 13.6. The maximum absolute atomic E-state index is 13.1. The lowest BCUT2D eigenvalue weighted by Gasteiger charge is -2.27. The fourth-order valence-electron chi connectivity index (χ4n) is 3.36. The molecule has 1 aliphatic rings. The quantitative estimate of drug-likeness (QED) is 0.590. The average Bonchev–Trinajstić information content (AvgIpc) is 3.33. The van der Waals surface area contributed by atoms with Crippen molar-refractivity contribution in [3.63, 3.8) is 0 Å². The highest BCUT2D eigenvalue weighted by Crippen LogP contribution is 2.40. The summed E-state index contributed by atoms with van der Waals surface area (Å²) in [5.74, 6) is -1.38. The number of hydrogen-bond acceptors (Lipinski definition) is 4. The highest BCUT2D eigenvalue weighted by atomic mass is 35.5. The van der Waals surface area contributed by atoms with E-state index in [2.05, 4.69) is 0 Å². The molecule has 1 atom stereocenters. The number of rotatable bonds is 5. The van der Waals surface area contributed by atoms with Crippen molar-refractivity contribution < 1.29 is 14.7 Å². The van der Waals surface area contributed by atoms with Gasteiger partial charge in [-0.05, 0) is 34.7 Å². The second kappa shape index (κ2) is 7.62. The number of ketones is 1. The standard InChI is InChI=1S/C22H16ClNO3S/c23-16-10-8-15(9-11-16)19-18(20(25)17-7-4-12-28-17)21(26)22(27)24(19)13-14-5-2-1-3-6-14/h1-12,19,26H,13H2. The van der Waals surface area contributed by atoms with Gasteiger partial charge >= 0.3 is 0 Å². The molecular weight excluding hydrogens is 394 g/mol. The molecule has 6 heteroatoms. The number of halogens is 1. The van der Waals surface area contributed by atoms with Gasteiger partial charge < -0.3 is 10.0 Å². The molecule has 0 bridgehead atoms. The molecule has 2 aromatic carbocycles. The molecule has 1 amide bonds. The first-order valence-electron chi connectivity index (χ1n) is 8.68. The molecule has 140 valence electrons. The van der Waals surface area contributed by atoms with Gasteiger partial charge in [0.2, 0.25) is 5.78 Å². The zero-order chi connectivity index (χ0) is 19.7. The number of hydrogen-bond donors (Lipinski definition) is 1. The molecular formula is C22H16ClNO3S. The van der Waals surface area contributed by atoms with Crippen LogP contribution in [0.5, 0.6) is 0 Å². The first-order valence-corrected chi connectivity index (χ1v) is 9.93. The SMILES string of the molecule is O=C(C1=C(O)C(=O)N(Cc2ccccc2)C1c1ccc(Cl)cc1)c1cccs1. The van der Waals surface area contributed by atoms with E-state index in [1.165, 1.54) is 16.2 Å². The zero-order valence-corrected chi connectivity index (χ0v) is 16.3. The number of amides is 1. The highest BCUT2D eigenvalue weighted by molar-refractivity contribution is 7.12. The Bertz CT molecular complexity index is 1040. The second-order valence-corrected chi connectivity index (χ2v) is 7.83. The predicted molar refractivity (Wildman–Crippen MR) is 109 cm³/mol. The van der Waals surface area contributed by atoms with Gasteiger partial charge in [0.1, 0.15) is 0 Å². The lowest BCUT2D eigenvalue weighted by Crippen LogP contribution is -2.30. The summed E-state index contributed by atoms with van der Waals surface area (Å²) in [6.45, 7) is 0.276. The van der Waals surface area contributed by atoms with Crippen molar-refractivity contribution in [1.82, 2.24) is 4.90 Å². The van der Waals surface area contributed by atoms with Crippen LogP contribution >= 0.6 is 22.9 Å².